The second kappa shape index (κ2) is 8.28. The Morgan fingerprint density at radius 3 is 2.82 bits per heavy atom. The summed E-state index contributed by atoms with van der Waals surface area (Å²) in [4.78, 5) is 20.3. The summed E-state index contributed by atoms with van der Waals surface area (Å²) in [6.07, 6.45) is 4.32. The lowest BCUT2D eigenvalue weighted by atomic mass is 10.1. The molecular formula is C25H27N5O3. The number of fused-ring (bicyclic) bond motifs is 2. The summed E-state index contributed by atoms with van der Waals surface area (Å²) in [5, 5.41) is 8.90. The zero-order chi connectivity index (χ0) is 22.4. The summed E-state index contributed by atoms with van der Waals surface area (Å²) < 4.78 is 13.1. The number of amides is 1. The first kappa shape index (κ1) is 20.4. The molecule has 8 heteroatoms. The number of hydrogen-bond acceptors (Lipinski definition) is 6. The molecule has 0 bridgehead atoms. The van der Waals surface area contributed by atoms with Crippen LogP contribution in [0.2, 0.25) is 0 Å². The van der Waals surface area contributed by atoms with Crippen molar-refractivity contribution in [3.8, 4) is 0 Å². The molecule has 1 aromatic carbocycles. The van der Waals surface area contributed by atoms with Gasteiger partial charge in [0.25, 0.3) is 11.6 Å². The van der Waals surface area contributed by atoms with Crippen LogP contribution in [-0.4, -0.2) is 58.4 Å². The number of hydrogen-bond donors (Lipinski definition) is 1. The summed E-state index contributed by atoms with van der Waals surface area (Å²) in [6, 6.07) is 10.1. The first-order valence-corrected chi connectivity index (χ1v) is 11.6. The molecule has 0 spiro atoms. The van der Waals surface area contributed by atoms with Gasteiger partial charge in [-0.15, -0.1) is 0 Å². The van der Waals surface area contributed by atoms with Crippen molar-refractivity contribution in [3.63, 3.8) is 0 Å². The molecule has 0 unspecified atom stereocenters. The van der Waals surface area contributed by atoms with Crippen LogP contribution in [0.3, 0.4) is 0 Å². The van der Waals surface area contributed by atoms with E-state index in [1.165, 1.54) is 5.52 Å². The Balaban J connectivity index is 1.22. The minimum absolute atomic E-state index is 0.165. The zero-order valence-electron chi connectivity index (χ0n) is 18.7. The van der Waals surface area contributed by atoms with Gasteiger partial charge in [-0.05, 0) is 50.1 Å². The van der Waals surface area contributed by atoms with E-state index in [1.54, 1.807) is 0 Å². The molecule has 1 aliphatic carbocycles. The third-order valence-corrected chi connectivity index (χ3v) is 6.67. The molecule has 2 aliphatic rings. The molecule has 33 heavy (non-hydrogen) atoms. The van der Waals surface area contributed by atoms with Gasteiger partial charge < -0.3 is 19.1 Å². The number of aromatic nitrogens is 3. The maximum absolute atomic E-state index is 13.3. The summed E-state index contributed by atoms with van der Waals surface area (Å²) in [7, 11) is 0. The monoisotopic (exact) mass is 445 g/mol. The number of anilines is 1. The van der Waals surface area contributed by atoms with Crippen LogP contribution in [0.15, 0.2) is 41.1 Å². The largest absolute Gasteiger partial charge is 0.379 e. The number of carbonyl (C=O) groups is 1. The second-order valence-electron chi connectivity index (χ2n) is 9.01. The Kier molecular flexibility index (Phi) is 5.11. The molecule has 3 aromatic heterocycles. The van der Waals surface area contributed by atoms with E-state index in [2.05, 4.69) is 43.3 Å². The highest BCUT2D eigenvalue weighted by atomic mass is 16.5. The van der Waals surface area contributed by atoms with E-state index < -0.39 is 0 Å². The van der Waals surface area contributed by atoms with Crippen LogP contribution in [0.1, 0.15) is 40.5 Å². The van der Waals surface area contributed by atoms with Crippen molar-refractivity contribution in [1.82, 2.24) is 19.6 Å². The van der Waals surface area contributed by atoms with Gasteiger partial charge in [0.1, 0.15) is 0 Å². The molecule has 170 valence electrons. The number of carbonyl (C=O) groups excluding carboxylic acids is 1. The van der Waals surface area contributed by atoms with E-state index in [0.29, 0.717) is 28.3 Å². The van der Waals surface area contributed by atoms with Gasteiger partial charge in [-0.2, -0.15) is 0 Å². The molecule has 0 radical (unpaired) electrons. The fourth-order valence-electron chi connectivity index (χ4n) is 4.63. The molecule has 1 saturated heterocycles. The number of ether oxygens (including phenoxy) is 1. The van der Waals surface area contributed by atoms with Crippen LogP contribution in [-0.2, 0) is 11.3 Å². The quantitative estimate of drug-likeness (QED) is 0.484. The van der Waals surface area contributed by atoms with Crippen LogP contribution in [0, 0.1) is 6.92 Å². The molecule has 2 fully saturated rings. The number of benzene rings is 1. The average Bonchev–Trinajstić information content (AvgIpc) is 3.52. The fraction of sp³-hybridized carbons (Fsp3) is 0.400. The molecular weight excluding hydrogens is 418 g/mol. The number of pyridine rings is 1. The lowest BCUT2D eigenvalue weighted by Crippen LogP contribution is -2.38. The van der Waals surface area contributed by atoms with Gasteiger partial charge in [0.05, 0.1) is 29.9 Å². The number of nitrogens with one attached hydrogen (secondary N) is 1. The average molecular weight is 446 g/mol. The lowest BCUT2D eigenvalue weighted by Gasteiger charge is -2.26. The molecule has 4 heterocycles. The van der Waals surface area contributed by atoms with E-state index in [0.717, 1.165) is 69.0 Å². The second-order valence-corrected chi connectivity index (χ2v) is 9.01. The number of nitrogens with zero attached hydrogens (tertiary/aromatic N) is 4. The van der Waals surface area contributed by atoms with E-state index in [4.69, 9.17) is 9.26 Å². The third-order valence-electron chi connectivity index (χ3n) is 6.67. The van der Waals surface area contributed by atoms with Crippen molar-refractivity contribution in [2.45, 2.75) is 32.2 Å². The Morgan fingerprint density at radius 2 is 2.00 bits per heavy atom. The Hall–Kier alpha value is -3.23. The first-order valence-electron chi connectivity index (χ1n) is 11.6. The van der Waals surface area contributed by atoms with E-state index in [1.807, 2.05) is 25.1 Å². The van der Waals surface area contributed by atoms with Gasteiger partial charge in [0.15, 0.2) is 0 Å². The standard InChI is InChI=1S/C25H27N5O3/c1-16-23-20(15-21(17-2-3-17)27-25(23)33-28-16)24(31)26-19-4-5-22-18(14-19)6-7-30(22)9-8-29-10-12-32-13-11-29/h4-7,14-15,17H,2-3,8-13H2,1H3,(H,26,31). The van der Waals surface area contributed by atoms with Crippen LogP contribution < -0.4 is 5.32 Å². The van der Waals surface area contributed by atoms with Gasteiger partial charge >= 0.3 is 0 Å². The van der Waals surface area contributed by atoms with Gasteiger partial charge in [0, 0.05) is 60.6 Å². The highest BCUT2D eigenvalue weighted by Gasteiger charge is 2.28. The van der Waals surface area contributed by atoms with Gasteiger partial charge in [-0.25, -0.2) is 4.98 Å². The normalized spacial score (nSPS) is 17.1. The summed E-state index contributed by atoms with van der Waals surface area (Å²) in [5.41, 5.74) is 4.54. The maximum atomic E-state index is 13.3. The Bertz CT molecular complexity index is 1330. The van der Waals surface area contributed by atoms with Crippen molar-refractivity contribution in [2.75, 3.05) is 38.2 Å². The smallest absolute Gasteiger partial charge is 0.259 e. The topological polar surface area (TPSA) is 85.4 Å². The molecule has 8 nitrogen and oxygen atoms in total. The predicted octanol–water partition coefficient (Wildman–Crippen LogP) is 3.95. The summed E-state index contributed by atoms with van der Waals surface area (Å²) in [6.45, 7) is 7.39. The summed E-state index contributed by atoms with van der Waals surface area (Å²) >= 11 is 0. The lowest BCUT2D eigenvalue weighted by molar-refractivity contribution is 0.0365. The SMILES string of the molecule is Cc1noc2nc(C3CC3)cc(C(=O)Nc3ccc4c(ccn4CCN4CCOCC4)c3)c12. The highest BCUT2D eigenvalue weighted by Crippen LogP contribution is 2.40. The molecule has 4 aromatic rings. The third kappa shape index (κ3) is 4.00. The number of aryl methyl sites for hydroxylation is 1. The van der Waals surface area contributed by atoms with Crippen molar-refractivity contribution >= 4 is 33.6 Å². The van der Waals surface area contributed by atoms with Crippen LogP contribution in [0.4, 0.5) is 5.69 Å². The van der Waals surface area contributed by atoms with Crippen LogP contribution >= 0.6 is 0 Å². The van der Waals surface area contributed by atoms with Gasteiger partial charge in [0.2, 0.25) is 0 Å². The minimum atomic E-state index is -0.165. The van der Waals surface area contributed by atoms with Crippen molar-refractivity contribution in [2.24, 2.45) is 0 Å². The van der Waals surface area contributed by atoms with E-state index in [-0.39, 0.29) is 5.91 Å². The minimum Gasteiger partial charge on any atom is -0.379 e. The molecule has 1 saturated carbocycles. The first-order chi connectivity index (χ1) is 16.2. The Labute approximate surface area is 191 Å². The van der Waals surface area contributed by atoms with Crippen LogP contribution in [0.5, 0.6) is 0 Å². The van der Waals surface area contributed by atoms with Crippen molar-refractivity contribution in [3.05, 3.63) is 53.5 Å². The molecule has 0 atom stereocenters. The predicted molar refractivity (Wildman–Crippen MR) is 126 cm³/mol. The molecule has 1 amide bonds. The number of morpholine rings is 1. The summed E-state index contributed by atoms with van der Waals surface area (Å²) in [5.74, 6) is 0.252. The molecule has 6 rings (SSSR count). The van der Waals surface area contributed by atoms with Gasteiger partial charge in [-0.3, -0.25) is 9.69 Å². The van der Waals surface area contributed by atoms with Crippen LogP contribution in [0.25, 0.3) is 22.0 Å². The maximum Gasteiger partial charge on any atom is 0.259 e. The van der Waals surface area contributed by atoms with E-state index in [9.17, 15) is 4.79 Å². The van der Waals surface area contributed by atoms with Crippen molar-refractivity contribution < 1.29 is 14.1 Å². The highest BCUT2D eigenvalue weighted by molar-refractivity contribution is 6.12. The molecule has 1 N–H and O–H groups in total. The number of rotatable bonds is 6. The molecule has 1 aliphatic heterocycles. The Morgan fingerprint density at radius 1 is 1.15 bits per heavy atom. The van der Waals surface area contributed by atoms with Gasteiger partial charge in [-0.1, -0.05) is 5.16 Å². The van der Waals surface area contributed by atoms with E-state index >= 15 is 0 Å². The fourth-order valence-corrected chi connectivity index (χ4v) is 4.63. The van der Waals surface area contributed by atoms with Crippen molar-refractivity contribution in [1.29, 1.82) is 0 Å². The zero-order valence-corrected chi connectivity index (χ0v) is 18.7.